The van der Waals surface area contributed by atoms with Crippen LogP contribution in [0.5, 0.6) is 0 Å². The number of rotatable bonds is 9. The minimum atomic E-state index is 0.363. The van der Waals surface area contributed by atoms with Crippen LogP contribution < -0.4 is 0 Å². The third kappa shape index (κ3) is 7.00. The molecule has 0 bridgehead atoms. The highest BCUT2D eigenvalue weighted by Crippen LogP contribution is 2.41. The van der Waals surface area contributed by atoms with Gasteiger partial charge in [0, 0.05) is 5.92 Å². The summed E-state index contributed by atoms with van der Waals surface area (Å²) in [7, 11) is 0. The summed E-state index contributed by atoms with van der Waals surface area (Å²) >= 11 is 0. The molecule has 2 rings (SSSR count). The normalized spacial score (nSPS) is 31.2. The van der Waals surface area contributed by atoms with Crippen LogP contribution in [0.4, 0.5) is 0 Å². The molecule has 0 spiro atoms. The minimum absolute atomic E-state index is 0.363. The number of unbranched alkanes of at least 4 members (excludes halogenated alkanes) is 6. The molecule has 1 heteroatoms. The van der Waals surface area contributed by atoms with Gasteiger partial charge in [-0.3, -0.25) is 0 Å². The fourth-order valence-corrected chi connectivity index (χ4v) is 4.86. The van der Waals surface area contributed by atoms with E-state index in [1.807, 2.05) is 0 Å². The first-order chi connectivity index (χ1) is 11.8. The van der Waals surface area contributed by atoms with Crippen molar-refractivity contribution < 1.29 is 0 Å². The monoisotopic (exact) mass is 329 g/mol. The highest BCUT2D eigenvalue weighted by molar-refractivity contribution is 4.93. The molecular formula is C23H39N. The van der Waals surface area contributed by atoms with Crippen molar-refractivity contribution in [3.8, 4) is 6.07 Å². The fraction of sp³-hybridized carbons (Fsp3) is 0.870. The summed E-state index contributed by atoms with van der Waals surface area (Å²) in [4.78, 5) is 0. The molecule has 2 aliphatic rings. The first-order valence-corrected chi connectivity index (χ1v) is 10.9. The molecule has 136 valence electrons. The van der Waals surface area contributed by atoms with Crippen LogP contribution in [-0.2, 0) is 0 Å². The summed E-state index contributed by atoms with van der Waals surface area (Å²) in [5.41, 5.74) is 0. The van der Waals surface area contributed by atoms with Gasteiger partial charge < -0.3 is 0 Å². The van der Waals surface area contributed by atoms with Crippen molar-refractivity contribution in [1.29, 1.82) is 5.26 Å². The van der Waals surface area contributed by atoms with Gasteiger partial charge in [-0.15, -0.1) is 0 Å². The second-order valence-corrected chi connectivity index (χ2v) is 8.40. The van der Waals surface area contributed by atoms with Crippen LogP contribution in [-0.4, -0.2) is 0 Å². The predicted octanol–water partition coefficient (Wildman–Crippen LogP) is 7.43. The molecule has 0 aliphatic heterocycles. The molecule has 0 atom stereocenters. The first kappa shape index (κ1) is 19.6. The molecule has 0 aromatic heterocycles. The average Bonchev–Trinajstić information content (AvgIpc) is 2.64. The van der Waals surface area contributed by atoms with E-state index in [9.17, 15) is 0 Å². The van der Waals surface area contributed by atoms with Gasteiger partial charge in [-0.1, -0.05) is 51.2 Å². The molecule has 0 radical (unpaired) electrons. The lowest BCUT2D eigenvalue weighted by atomic mass is 9.69. The average molecular weight is 330 g/mol. The van der Waals surface area contributed by atoms with Crippen molar-refractivity contribution in [3.63, 3.8) is 0 Å². The van der Waals surface area contributed by atoms with E-state index in [1.165, 1.54) is 96.3 Å². The Balaban J connectivity index is 1.53. The third-order valence-electron chi connectivity index (χ3n) is 6.57. The van der Waals surface area contributed by atoms with E-state index in [0.717, 1.165) is 17.8 Å². The minimum Gasteiger partial charge on any atom is -0.198 e. The molecule has 0 N–H and O–H groups in total. The highest BCUT2D eigenvalue weighted by Gasteiger charge is 2.30. The van der Waals surface area contributed by atoms with Gasteiger partial charge >= 0.3 is 0 Å². The van der Waals surface area contributed by atoms with E-state index in [4.69, 9.17) is 5.26 Å². The van der Waals surface area contributed by atoms with Crippen LogP contribution in [0.1, 0.15) is 103 Å². The number of hydrogen-bond donors (Lipinski definition) is 0. The molecule has 2 aliphatic carbocycles. The summed E-state index contributed by atoms with van der Waals surface area (Å²) < 4.78 is 0. The Kier molecular flexibility index (Phi) is 9.55. The van der Waals surface area contributed by atoms with Gasteiger partial charge in [0.2, 0.25) is 0 Å². The summed E-state index contributed by atoms with van der Waals surface area (Å²) in [5, 5.41) is 9.04. The summed E-state index contributed by atoms with van der Waals surface area (Å²) in [6, 6.07) is 2.47. The Morgan fingerprint density at radius 1 is 0.792 bits per heavy atom. The van der Waals surface area contributed by atoms with Crippen LogP contribution in [0.15, 0.2) is 12.2 Å². The van der Waals surface area contributed by atoms with Crippen LogP contribution in [0.2, 0.25) is 0 Å². The Morgan fingerprint density at radius 2 is 1.38 bits per heavy atom. The molecule has 0 aromatic rings. The topological polar surface area (TPSA) is 23.8 Å². The highest BCUT2D eigenvalue weighted by atomic mass is 14.4. The van der Waals surface area contributed by atoms with E-state index < -0.39 is 0 Å². The Morgan fingerprint density at radius 3 is 2.00 bits per heavy atom. The quantitative estimate of drug-likeness (QED) is 0.319. The largest absolute Gasteiger partial charge is 0.198 e. The molecule has 1 nitrogen and oxygen atoms in total. The second-order valence-electron chi connectivity index (χ2n) is 8.40. The molecule has 2 saturated carbocycles. The zero-order chi connectivity index (χ0) is 17.0. The first-order valence-electron chi connectivity index (χ1n) is 10.9. The fourth-order valence-electron chi connectivity index (χ4n) is 4.86. The maximum Gasteiger partial charge on any atom is 0.0655 e. The Labute approximate surface area is 150 Å². The van der Waals surface area contributed by atoms with Crippen molar-refractivity contribution in [1.82, 2.24) is 0 Å². The molecular weight excluding hydrogens is 290 g/mol. The van der Waals surface area contributed by atoms with E-state index >= 15 is 0 Å². The van der Waals surface area contributed by atoms with Gasteiger partial charge in [0.15, 0.2) is 0 Å². The van der Waals surface area contributed by atoms with Gasteiger partial charge in [-0.05, 0) is 82.0 Å². The van der Waals surface area contributed by atoms with Crippen LogP contribution in [0, 0.1) is 35.0 Å². The zero-order valence-corrected chi connectivity index (χ0v) is 16.0. The maximum absolute atomic E-state index is 9.04. The van der Waals surface area contributed by atoms with Crippen molar-refractivity contribution in [3.05, 3.63) is 12.2 Å². The molecule has 0 aromatic carbocycles. The molecule has 0 heterocycles. The van der Waals surface area contributed by atoms with E-state index in [2.05, 4.69) is 25.1 Å². The molecule has 0 unspecified atom stereocenters. The van der Waals surface area contributed by atoms with Crippen molar-refractivity contribution in [2.45, 2.75) is 103 Å². The molecule has 0 saturated heterocycles. The van der Waals surface area contributed by atoms with E-state index in [0.29, 0.717) is 5.92 Å². The zero-order valence-electron chi connectivity index (χ0n) is 16.0. The lowest BCUT2D eigenvalue weighted by molar-refractivity contribution is 0.168. The van der Waals surface area contributed by atoms with Crippen molar-refractivity contribution in [2.24, 2.45) is 23.7 Å². The Hall–Kier alpha value is -0.770. The number of allylic oxidation sites excluding steroid dienone is 2. The smallest absolute Gasteiger partial charge is 0.0655 e. The lowest BCUT2D eigenvalue weighted by Crippen LogP contribution is -2.25. The second kappa shape index (κ2) is 11.7. The number of nitriles is 1. The molecule has 24 heavy (non-hydrogen) atoms. The number of hydrogen-bond acceptors (Lipinski definition) is 1. The summed E-state index contributed by atoms with van der Waals surface area (Å²) in [6.45, 7) is 2.29. The maximum atomic E-state index is 9.04. The van der Waals surface area contributed by atoms with Crippen molar-refractivity contribution >= 4 is 0 Å². The lowest BCUT2D eigenvalue weighted by Gasteiger charge is -2.36. The van der Waals surface area contributed by atoms with Crippen LogP contribution >= 0.6 is 0 Å². The van der Waals surface area contributed by atoms with E-state index in [-0.39, 0.29) is 0 Å². The van der Waals surface area contributed by atoms with Crippen molar-refractivity contribution in [2.75, 3.05) is 0 Å². The van der Waals surface area contributed by atoms with Gasteiger partial charge in [0.1, 0.15) is 0 Å². The Bertz CT molecular complexity index is 375. The van der Waals surface area contributed by atoms with Gasteiger partial charge in [-0.2, -0.15) is 5.26 Å². The SMILES string of the molecule is CCCCCCCC/C=C/C1CCC(C2CCC(C#N)CC2)CC1. The predicted molar refractivity (Wildman–Crippen MR) is 104 cm³/mol. The third-order valence-corrected chi connectivity index (χ3v) is 6.57. The van der Waals surface area contributed by atoms with Crippen LogP contribution in [0.3, 0.4) is 0 Å². The standard InChI is InChI=1S/C23H39N/c1-2-3-4-5-6-7-8-9-10-20-11-15-22(16-12-20)23-17-13-21(19-24)14-18-23/h9-10,20-23H,2-8,11-18H2,1H3/b10-9+. The van der Waals surface area contributed by atoms with E-state index in [1.54, 1.807) is 0 Å². The summed E-state index contributed by atoms with van der Waals surface area (Å²) in [6.07, 6.45) is 25.4. The van der Waals surface area contributed by atoms with Gasteiger partial charge in [0.25, 0.3) is 0 Å². The van der Waals surface area contributed by atoms with Crippen LogP contribution in [0.25, 0.3) is 0 Å². The number of nitrogens with zero attached hydrogens (tertiary/aromatic N) is 1. The molecule has 0 amide bonds. The van der Waals surface area contributed by atoms with Gasteiger partial charge in [-0.25, -0.2) is 0 Å². The van der Waals surface area contributed by atoms with Gasteiger partial charge in [0.05, 0.1) is 6.07 Å². The molecule has 2 fully saturated rings. The summed E-state index contributed by atoms with van der Waals surface area (Å²) in [5.74, 6) is 3.12.